The molecule has 2 aromatic rings. The molecular formula is C11H13N3O. The molecular weight excluding hydrogens is 190 g/mol. The molecule has 0 fully saturated rings. The first-order chi connectivity index (χ1) is 7.15. The second-order valence-corrected chi connectivity index (χ2v) is 3.57. The lowest BCUT2D eigenvalue weighted by Crippen LogP contribution is -2.13. The fourth-order valence-corrected chi connectivity index (χ4v) is 1.77. The Balaban J connectivity index is 2.83. The highest BCUT2D eigenvalue weighted by atomic mass is 16.4. The van der Waals surface area contributed by atoms with Gasteiger partial charge in [0.05, 0.1) is 0 Å². The van der Waals surface area contributed by atoms with Crippen molar-refractivity contribution in [1.82, 2.24) is 4.57 Å². The second kappa shape index (κ2) is 3.31. The van der Waals surface area contributed by atoms with E-state index in [0.717, 1.165) is 22.2 Å². The number of nitrogens with two attached hydrogens (primary N) is 1. The van der Waals surface area contributed by atoms with Gasteiger partial charge < -0.3 is 15.5 Å². The Labute approximate surface area is 87.6 Å². The van der Waals surface area contributed by atoms with Gasteiger partial charge >= 0.3 is 0 Å². The third-order valence-electron chi connectivity index (χ3n) is 2.71. The van der Waals surface area contributed by atoms with Gasteiger partial charge in [-0.25, -0.2) is 0 Å². The SMILES string of the molecule is Cc1cc2c(C(N)=NO)cccc2n1C. The quantitative estimate of drug-likeness (QED) is 0.320. The molecule has 0 aliphatic heterocycles. The van der Waals surface area contributed by atoms with Crippen molar-refractivity contribution in [2.75, 3.05) is 0 Å². The molecule has 0 atom stereocenters. The summed E-state index contributed by atoms with van der Waals surface area (Å²) in [5.41, 5.74) is 8.60. The molecule has 15 heavy (non-hydrogen) atoms. The molecule has 0 saturated heterocycles. The fraction of sp³-hybridized carbons (Fsp3) is 0.182. The zero-order valence-corrected chi connectivity index (χ0v) is 8.73. The number of rotatable bonds is 1. The first-order valence-electron chi connectivity index (χ1n) is 4.68. The van der Waals surface area contributed by atoms with Crippen LogP contribution in [0.2, 0.25) is 0 Å². The summed E-state index contributed by atoms with van der Waals surface area (Å²) >= 11 is 0. The Hall–Kier alpha value is -1.97. The Morgan fingerprint density at radius 3 is 2.87 bits per heavy atom. The first kappa shape index (κ1) is 9.58. The molecule has 0 aliphatic rings. The summed E-state index contributed by atoms with van der Waals surface area (Å²) in [6, 6.07) is 7.78. The molecule has 4 heteroatoms. The molecule has 0 unspecified atom stereocenters. The molecule has 0 aliphatic carbocycles. The van der Waals surface area contributed by atoms with Crippen LogP contribution in [0.4, 0.5) is 0 Å². The van der Waals surface area contributed by atoms with Gasteiger partial charge in [0.15, 0.2) is 5.84 Å². The monoisotopic (exact) mass is 203 g/mol. The van der Waals surface area contributed by atoms with Crippen LogP contribution in [0.1, 0.15) is 11.3 Å². The van der Waals surface area contributed by atoms with Gasteiger partial charge in [-0.15, -0.1) is 0 Å². The van der Waals surface area contributed by atoms with E-state index >= 15 is 0 Å². The van der Waals surface area contributed by atoms with Crippen LogP contribution < -0.4 is 5.73 Å². The van der Waals surface area contributed by atoms with Gasteiger partial charge in [-0.3, -0.25) is 0 Å². The maximum absolute atomic E-state index is 8.68. The predicted molar refractivity (Wildman–Crippen MR) is 60.2 cm³/mol. The Kier molecular flexibility index (Phi) is 2.11. The van der Waals surface area contributed by atoms with Crippen LogP contribution in [0.5, 0.6) is 0 Å². The molecule has 0 radical (unpaired) electrons. The minimum Gasteiger partial charge on any atom is -0.409 e. The van der Waals surface area contributed by atoms with Crippen LogP contribution >= 0.6 is 0 Å². The van der Waals surface area contributed by atoms with E-state index in [1.165, 1.54) is 0 Å². The smallest absolute Gasteiger partial charge is 0.170 e. The number of amidine groups is 1. The minimum absolute atomic E-state index is 0.145. The fourth-order valence-electron chi connectivity index (χ4n) is 1.77. The number of hydrogen-bond acceptors (Lipinski definition) is 2. The van der Waals surface area contributed by atoms with Crippen molar-refractivity contribution in [2.24, 2.45) is 17.9 Å². The van der Waals surface area contributed by atoms with Crippen molar-refractivity contribution in [2.45, 2.75) is 6.92 Å². The summed E-state index contributed by atoms with van der Waals surface area (Å²) in [6.45, 7) is 2.02. The Morgan fingerprint density at radius 1 is 1.47 bits per heavy atom. The van der Waals surface area contributed by atoms with Crippen molar-refractivity contribution in [3.8, 4) is 0 Å². The van der Waals surface area contributed by atoms with Crippen LogP contribution in [0.15, 0.2) is 29.4 Å². The van der Waals surface area contributed by atoms with E-state index in [0.29, 0.717) is 0 Å². The molecule has 0 spiro atoms. The summed E-state index contributed by atoms with van der Waals surface area (Å²) in [7, 11) is 1.99. The highest BCUT2D eigenvalue weighted by Crippen LogP contribution is 2.21. The third-order valence-corrected chi connectivity index (χ3v) is 2.71. The Morgan fingerprint density at radius 2 is 2.20 bits per heavy atom. The lowest BCUT2D eigenvalue weighted by molar-refractivity contribution is 0.318. The van der Waals surface area contributed by atoms with Crippen molar-refractivity contribution >= 4 is 16.7 Å². The molecule has 1 aromatic carbocycles. The van der Waals surface area contributed by atoms with Crippen LogP contribution in [0, 0.1) is 6.92 Å². The Bertz CT molecular complexity index is 540. The molecule has 1 aromatic heterocycles. The summed E-state index contributed by atoms with van der Waals surface area (Å²) in [6.07, 6.45) is 0. The van der Waals surface area contributed by atoms with Gasteiger partial charge in [0.2, 0.25) is 0 Å². The number of aryl methyl sites for hydroxylation is 2. The molecule has 4 nitrogen and oxygen atoms in total. The zero-order valence-electron chi connectivity index (χ0n) is 8.73. The molecule has 0 amide bonds. The van der Waals surface area contributed by atoms with Crippen LogP contribution in [-0.4, -0.2) is 15.6 Å². The summed E-state index contributed by atoms with van der Waals surface area (Å²) in [5.74, 6) is 0.145. The average Bonchev–Trinajstić information content (AvgIpc) is 2.54. The molecule has 0 bridgehead atoms. The highest BCUT2D eigenvalue weighted by molar-refractivity contribution is 6.08. The van der Waals surface area contributed by atoms with Crippen LogP contribution in [0.25, 0.3) is 10.9 Å². The number of benzene rings is 1. The average molecular weight is 203 g/mol. The topological polar surface area (TPSA) is 63.5 Å². The van der Waals surface area contributed by atoms with E-state index in [1.54, 1.807) is 0 Å². The van der Waals surface area contributed by atoms with E-state index in [4.69, 9.17) is 10.9 Å². The van der Waals surface area contributed by atoms with Crippen LogP contribution in [0.3, 0.4) is 0 Å². The maximum atomic E-state index is 8.68. The summed E-state index contributed by atoms with van der Waals surface area (Å²) < 4.78 is 2.07. The minimum atomic E-state index is 0.145. The zero-order chi connectivity index (χ0) is 11.0. The van der Waals surface area contributed by atoms with E-state index < -0.39 is 0 Å². The highest BCUT2D eigenvalue weighted by Gasteiger charge is 2.09. The number of oxime groups is 1. The lowest BCUT2D eigenvalue weighted by atomic mass is 10.1. The number of aromatic nitrogens is 1. The van der Waals surface area contributed by atoms with Crippen molar-refractivity contribution in [3.05, 3.63) is 35.5 Å². The number of nitrogens with zero attached hydrogens (tertiary/aromatic N) is 2. The van der Waals surface area contributed by atoms with Crippen molar-refractivity contribution in [3.63, 3.8) is 0 Å². The largest absolute Gasteiger partial charge is 0.409 e. The summed E-state index contributed by atoms with van der Waals surface area (Å²) in [4.78, 5) is 0. The first-order valence-corrected chi connectivity index (χ1v) is 4.68. The maximum Gasteiger partial charge on any atom is 0.170 e. The van der Waals surface area contributed by atoms with Crippen LogP contribution in [-0.2, 0) is 7.05 Å². The van der Waals surface area contributed by atoms with Gasteiger partial charge in [0, 0.05) is 29.2 Å². The number of hydrogen-bond donors (Lipinski definition) is 2. The molecule has 2 rings (SSSR count). The van der Waals surface area contributed by atoms with Gasteiger partial charge in [-0.1, -0.05) is 17.3 Å². The lowest BCUT2D eigenvalue weighted by Gasteiger charge is -2.02. The number of fused-ring (bicyclic) bond motifs is 1. The van der Waals surface area contributed by atoms with E-state index in [1.807, 2.05) is 38.2 Å². The normalized spacial score (nSPS) is 12.3. The van der Waals surface area contributed by atoms with E-state index in [2.05, 4.69) is 9.72 Å². The van der Waals surface area contributed by atoms with Crippen molar-refractivity contribution < 1.29 is 5.21 Å². The second-order valence-electron chi connectivity index (χ2n) is 3.57. The van der Waals surface area contributed by atoms with E-state index in [9.17, 15) is 0 Å². The van der Waals surface area contributed by atoms with Crippen molar-refractivity contribution in [1.29, 1.82) is 0 Å². The predicted octanol–water partition coefficient (Wildman–Crippen LogP) is 1.58. The molecule has 78 valence electrons. The van der Waals surface area contributed by atoms with Gasteiger partial charge in [-0.2, -0.15) is 0 Å². The molecule has 1 heterocycles. The summed E-state index contributed by atoms with van der Waals surface area (Å²) in [5, 5.41) is 12.7. The molecule has 3 N–H and O–H groups in total. The third kappa shape index (κ3) is 1.34. The van der Waals surface area contributed by atoms with Gasteiger partial charge in [0.1, 0.15) is 0 Å². The van der Waals surface area contributed by atoms with Gasteiger partial charge in [-0.05, 0) is 19.1 Å². The standard InChI is InChI=1S/C11H13N3O/c1-7-6-9-8(11(12)13-15)4-3-5-10(9)14(7)2/h3-6,15H,1-2H3,(H2,12,13). The van der Waals surface area contributed by atoms with Gasteiger partial charge in [0.25, 0.3) is 0 Å². The molecule has 0 saturated carbocycles. The van der Waals surface area contributed by atoms with E-state index in [-0.39, 0.29) is 5.84 Å².